The number of nitriles is 1. The molecular formula is C15H20N2O. The minimum absolute atomic E-state index is 0.253. The third-order valence-corrected chi connectivity index (χ3v) is 3.65. The number of benzene rings is 1. The third kappa shape index (κ3) is 2.65. The van der Waals surface area contributed by atoms with E-state index in [1.807, 2.05) is 13.0 Å². The van der Waals surface area contributed by atoms with Crippen LogP contribution in [0.2, 0.25) is 0 Å². The van der Waals surface area contributed by atoms with Crippen LogP contribution in [0, 0.1) is 18.3 Å². The van der Waals surface area contributed by atoms with Crippen LogP contribution in [0.5, 0.6) is 0 Å². The summed E-state index contributed by atoms with van der Waals surface area (Å²) in [5.41, 5.74) is 2.95. The van der Waals surface area contributed by atoms with E-state index in [2.05, 4.69) is 23.1 Å². The molecule has 1 atom stereocenters. The summed E-state index contributed by atoms with van der Waals surface area (Å²) in [6, 6.07) is 8.86. The van der Waals surface area contributed by atoms with E-state index in [-0.39, 0.29) is 6.61 Å². The van der Waals surface area contributed by atoms with Crippen LogP contribution in [0.15, 0.2) is 18.2 Å². The van der Waals surface area contributed by atoms with Crippen molar-refractivity contribution in [3.8, 4) is 6.07 Å². The maximum absolute atomic E-state index is 9.25. The fourth-order valence-electron chi connectivity index (χ4n) is 2.77. The van der Waals surface area contributed by atoms with Crippen molar-refractivity contribution in [1.29, 1.82) is 5.26 Å². The van der Waals surface area contributed by atoms with Crippen molar-refractivity contribution in [3.63, 3.8) is 0 Å². The van der Waals surface area contributed by atoms with E-state index in [4.69, 9.17) is 5.11 Å². The van der Waals surface area contributed by atoms with Crippen molar-refractivity contribution in [2.45, 2.75) is 38.6 Å². The highest BCUT2D eigenvalue weighted by atomic mass is 16.2. The second kappa shape index (κ2) is 5.88. The molecule has 2 rings (SSSR count). The SMILES string of the molecule is Cc1ccc(N2CCCC2CCCO)c(C#N)c1. The van der Waals surface area contributed by atoms with Crippen molar-refractivity contribution in [3.05, 3.63) is 29.3 Å². The number of aliphatic hydroxyl groups excluding tert-OH is 1. The maximum Gasteiger partial charge on any atom is 0.101 e. The lowest BCUT2D eigenvalue weighted by Crippen LogP contribution is -2.30. The van der Waals surface area contributed by atoms with Crippen molar-refractivity contribution in [2.75, 3.05) is 18.1 Å². The Balaban J connectivity index is 2.22. The largest absolute Gasteiger partial charge is 0.396 e. The van der Waals surface area contributed by atoms with Crippen LogP contribution < -0.4 is 4.90 Å². The summed E-state index contributed by atoms with van der Waals surface area (Å²) in [5.74, 6) is 0. The molecule has 0 amide bonds. The molecule has 0 spiro atoms. The highest BCUT2D eigenvalue weighted by molar-refractivity contribution is 5.61. The Labute approximate surface area is 109 Å². The van der Waals surface area contributed by atoms with Gasteiger partial charge in [0, 0.05) is 19.2 Å². The standard InChI is InChI=1S/C15H20N2O/c1-12-6-7-15(13(10-12)11-16)17-8-2-4-14(17)5-3-9-18/h6-7,10,14,18H,2-5,8-9H2,1H3. The number of aryl methyl sites for hydroxylation is 1. The summed E-state index contributed by atoms with van der Waals surface area (Å²) in [7, 11) is 0. The molecule has 3 heteroatoms. The molecule has 1 N–H and O–H groups in total. The zero-order valence-electron chi connectivity index (χ0n) is 10.9. The molecule has 1 saturated heterocycles. The lowest BCUT2D eigenvalue weighted by Gasteiger charge is -2.27. The minimum atomic E-state index is 0.253. The third-order valence-electron chi connectivity index (χ3n) is 3.65. The first-order chi connectivity index (χ1) is 8.76. The monoisotopic (exact) mass is 244 g/mol. The molecule has 0 radical (unpaired) electrons. The Morgan fingerprint density at radius 2 is 2.33 bits per heavy atom. The molecule has 1 heterocycles. The average molecular weight is 244 g/mol. The van der Waals surface area contributed by atoms with E-state index in [1.54, 1.807) is 0 Å². The quantitative estimate of drug-likeness (QED) is 0.885. The van der Waals surface area contributed by atoms with Gasteiger partial charge in [-0.15, -0.1) is 0 Å². The molecule has 1 aromatic carbocycles. The topological polar surface area (TPSA) is 47.3 Å². The van der Waals surface area contributed by atoms with E-state index in [9.17, 15) is 5.26 Å². The van der Waals surface area contributed by atoms with Crippen molar-refractivity contribution < 1.29 is 5.11 Å². The van der Waals surface area contributed by atoms with E-state index in [0.29, 0.717) is 6.04 Å². The zero-order chi connectivity index (χ0) is 13.0. The van der Waals surface area contributed by atoms with Gasteiger partial charge in [0.15, 0.2) is 0 Å². The van der Waals surface area contributed by atoms with Gasteiger partial charge < -0.3 is 10.0 Å². The highest BCUT2D eigenvalue weighted by Gasteiger charge is 2.25. The molecule has 1 aliphatic rings. The van der Waals surface area contributed by atoms with Gasteiger partial charge in [-0.25, -0.2) is 0 Å². The van der Waals surface area contributed by atoms with Crippen LogP contribution in [0.3, 0.4) is 0 Å². The van der Waals surface area contributed by atoms with Crippen LogP contribution in [-0.2, 0) is 0 Å². The molecule has 0 saturated carbocycles. The molecule has 96 valence electrons. The number of nitrogens with zero attached hydrogens (tertiary/aromatic N) is 2. The van der Waals surface area contributed by atoms with E-state index in [0.717, 1.165) is 36.2 Å². The van der Waals surface area contributed by atoms with Gasteiger partial charge in [0.1, 0.15) is 6.07 Å². The van der Waals surface area contributed by atoms with Crippen LogP contribution in [-0.4, -0.2) is 24.3 Å². The summed E-state index contributed by atoms with van der Waals surface area (Å²) in [5, 5.41) is 18.2. The fraction of sp³-hybridized carbons (Fsp3) is 0.533. The minimum Gasteiger partial charge on any atom is -0.396 e. The van der Waals surface area contributed by atoms with Crippen molar-refractivity contribution in [2.24, 2.45) is 0 Å². The first kappa shape index (κ1) is 12.9. The Morgan fingerprint density at radius 3 is 3.06 bits per heavy atom. The molecule has 1 aromatic rings. The van der Waals surface area contributed by atoms with Crippen molar-refractivity contribution in [1.82, 2.24) is 0 Å². The first-order valence-corrected chi connectivity index (χ1v) is 6.64. The summed E-state index contributed by atoms with van der Waals surface area (Å²) in [4.78, 5) is 2.34. The van der Waals surface area contributed by atoms with Crippen LogP contribution in [0.25, 0.3) is 0 Å². The molecule has 0 aromatic heterocycles. The highest BCUT2D eigenvalue weighted by Crippen LogP contribution is 2.30. The second-order valence-corrected chi connectivity index (χ2v) is 4.99. The van der Waals surface area contributed by atoms with Crippen LogP contribution in [0.4, 0.5) is 5.69 Å². The van der Waals surface area contributed by atoms with Gasteiger partial charge in [0.05, 0.1) is 11.3 Å². The Hall–Kier alpha value is -1.53. The number of hydrogen-bond acceptors (Lipinski definition) is 3. The van der Waals surface area contributed by atoms with Gasteiger partial charge in [-0.3, -0.25) is 0 Å². The predicted molar refractivity (Wildman–Crippen MR) is 72.6 cm³/mol. The lowest BCUT2D eigenvalue weighted by atomic mass is 10.1. The van der Waals surface area contributed by atoms with Gasteiger partial charge in [-0.05, 0) is 50.3 Å². The smallest absolute Gasteiger partial charge is 0.101 e. The number of hydrogen-bond donors (Lipinski definition) is 1. The van der Waals surface area contributed by atoms with E-state index >= 15 is 0 Å². The Kier molecular flexibility index (Phi) is 4.22. The summed E-state index contributed by atoms with van der Waals surface area (Å²) < 4.78 is 0. The van der Waals surface area contributed by atoms with Gasteiger partial charge in [-0.2, -0.15) is 5.26 Å². The fourth-order valence-corrected chi connectivity index (χ4v) is 2.77. The van der Waals surface area contributed by atoms with Gasteiger partial charge in [0.2, 0.25) is 0 Å². The molecule has 1 aliphatic heterocycles. The maximum atomic E-state index is 9.25. The Morgan fingerprint density at radius 1 is 1.50 bits per heavy atom. The number of anilines is 1. The van der Waals surface area contributed by atoms with Gasteiger partial charge in [-0.1, -0.05) is 6.07 Å². The molecule has 0 aliphatic carbocycles. The molecule has 3 nitrogen and oxygen atoms in total. The Bertz CT molecular complexity index is 450. The van der Waals surface area contributed by atoms with E-state index < -0.39 is 0 Å². The molecule has 18 heavy (non-hydrogen) atoms. The summed E-state index contributed by atoms with van der Waals surface area (Å²) in [6.07, 6.45) is 4.19. The predicted octanol–water partition coefficient (Wildman–Crippen LogP) is 2.61. The van der Waals surface area contributed by atoms with Crippen LogP contribution in [0.1, 0.15) is 36.8 Å². The average Bonchev–Trinajstić information content (AvgIpc) is 2.84. The normalized spacial score (nSPS) is 18.9. The van der Waals surface area contributed by atoms with E-state index in [1.165, 1.54) is 12.8 Å². The molecule has 1 unspecified atom stereocenters. The number of aliphatic hydroxyl groups is 1. The lowest BCUT2D eigenvalue weighted by molar-refractivity contribution is 0.279. The number of rotatable bonds is 4. The molecule has 0 bridgehead atoms. The first-order valence-electron chi connectivity index (χ1n) is 6.64. The van der Waals surface area contributed by atoms with Gasteiger partial charge in [0.25, 0.3) is 0 Å². The molecule has 1 fully saturated rings. The zero-order valence-corrected chi connectivity index (χ0v) is 10.9. The summed E-state index contributed by atoms with van der Waals surface area (Å²) >= 11 is 0. The van der Waals surface area contributed by atoms with Gasteiger partial charge >= 0.3 is 0 Å². The van der Waals surface area contributed by atoms with Crippen molar-refractivity contribution >= 4 is 5.69 Å². The molecular weight excluding hydrogens is 224 g/mol. The second-order valence-electron chi connectivity index (χ2n) is 4.99. The van der Waals surface area contributed by atoms with Crippen LogP contribution >= 0.6 is 0 Å². The summed E-state index contributed by atoms with van der Waals surface area (Å²) in [6.45, 7) is 3.29.